The molecular formula is C28H24N2O2S. The summed E-state index contributed by atoms with van der Waals surface area (Å²) >= 11 is 1.01. The number of aryl methyl sites for hydroxylation is 2. The van der Waals surface area contributed by atoms with E-state index in [1.54, 1.807) is 0 Å². The van der Waals surface area contributed by atoms with Gasteiger partial charge in [0.25, 0.3) is 11.1 Å². The summed E-state index contributed by atoms with van der Waals surface area (Å²) in [6, 6.07) is 24.5. The van der Waals surface area contributed by atoms with Gasteiger partial charge in [-0.15, -0.1) is 0 Å². The number of hydrogen-bond acceptors (Lipinski definition) is 3. The van der Waals surface area contributed by atoms with Crippen molar-refractivity contribution in [1.82, 2.24) is 9.47 Å². The molecule has 164 valence electrons. The van der Waals surface area contributed by atoms with E-state index in [-0.39, 0.29) is 11.1 Å². The minimum absolute atomic E-state index is 0.225. The number of rotatable bonds is 4. The Bertz CT molecular complexity index is 1440. The van der Waals surface area contributed by atoms with Crippen molar-refractivity contribution in [2.45, 2.75) is 27.3 Å². The molecule has 0 bridgehead atoms. The summed E-state index contributed by atoms with van der Waals surface area (Å²) in [6.07, 6.45) is 1.85. The third-order valence-electron chi connectivity index (χ3n) is 6.23. The van der Waals surface area contributed by atoms with Gasteiger partial charge in [-0.1, -0.05) is 60.7 Å². The molecular weight excluding hydrogens is 428 g/mol. The first-order chi connectivity index (χ1) is 15.9. The van der Waals surface area contributed by atoms with Gasteiger partial charge in [0, 0.05) is 16.8 Å². The predicted molar refractivity (Wildman–Crippen MR) is 135 cm³/mol. The third kappa shape index (κ3) is 3.79. The molecule has 0 radical (unpaired) electrons. The van der Waals surface area contributed by atoms with Crippen molar-refractivity contribution in [3.05, 3.63) is 106 Å². The highest BCUT2D eigenvalue weighted by Gasteiger charge is 2.35. The van der Waals surface area contributed by atoms with Crippen LogP contribution < -0.4 is 0 Å². The number of carbonyl (C=O) groups excluding carboxylic acids is 2. The lowest BCUT2D eigenvalue weighted by atomic mass is 10.1. The van der Waals surface area contributed by atoms with Crippen molar-refractivity contribution < 1.29 is 9.59 Å². The number of thioether (sulfide) groups is 1. The predicted octanol–water partition coefficient (Wildman–Crippen LogP) is 6.79. The van der Waals surface area contributed by atoms with Gasteiger partial charge in [-0.05, 0) is 72.8 Å². The van der Waals surface area contributed by atoms with Crippen molar-refractivity contribution in [3.63, 3.8) is 0 Å². The Morgan fingerprint density at radius 3 is 2.42 bits per heavy atom. The van der Waals surface area contributed by atoms with Gasteiger partial charge >= 0.3 is 0 Å². The van der Waals surface area contributed by atoms with E-state index in [4.69, 9.17) is 0 Å². The Hall–Kier alpha value is -3.57. The molecule has 5 heteroatoms. The summed E-state index contributed by atoms with van der Waals surface area (Å²) in [4.78, 5) is 27.5. The molecule has 0 unspecified atom stereocenters. The molecule has 3 aromatic carbocycles. The summed E-state index contributed by atoms with van der Waals surface area (Å²) in [5.74, 6) is -0.233. The molecule has 33 heavy (non-hydrogen) atoms. The number of benzene rings is 3. The van der Waals surface area contributed by atoms with Crippen LogP contribution in [0.5, 0.6) is 0 Å². The smallest absolute Gasteiger partial charge is 0.293 e. The van der Waals surface area contributed by atoms with Crippen LogP contribution in [0.2, 0.25) is 0 Å². The number of amides is 2. The number of imide groups is 1. The molecule has 1 aromatic heterocycles. The van der Waals surface area contributed by atoms with E-state index in [9.17, 15) is 9.59 Å². The van der Waals surface area contributed by atoms with E-state index < -0.39 is 0 Å². The largest absolute Gasteiger partial charge is 0.317 e. The zero-order valence-electron chi connectivity index (χ0n) is 18.8. The summed E-state index contributed by atoms with van der Waals surface area (Å²) in [5, 5.41) is 2.13. The minimum atomic E-state index is -0.233. The van der Waals surface area contributed by atoms with Crippen LogP contribution >= 0.6 is 11.8 Å². The molecule has 4 nitrogen and oxygen atoms in total. The normalized spacial score (nSPS) is 15.2. The quantitative estimate of drug-likeness (QED) is 0.320. The monoisotopic (exact) mass is 452 g/mol. The van der Waals surface area contributed by atoms with Crippen molar-refractivity contribution in [2.75, 3.05) is 0 Å². The van der Waals surface area contributed by atoms with E-state index in [1.807, 2.05) is 49.4 Å². The van der Waals surface area contributed by atoms with Gasteiger partial charge in [0.15, 0.2) is 0 Å². The van der Waals surface area contributed by atoms with Crippen molar-refractivity contribution in [2.24, 2.45) is 0 Å². The lowest BCUT2D eigenvalue weighted by Crippen LogP contribution is -2.27. The van der Waals surface area contributed by atoms with Crippen LogP contribution in [0, 0.1) is 20.8 Å². The number of hydrogen-bond donors (Lipinski definition) is 0. The highest BCUT2D eigenvalue weighted by molar-refractivity contribution is 8.18. The lowest BCUT2D eigenvalue weighted by Gasteiger charge is -2.14. The van der Waals surface area contributed by atoms with Crippen LogP contribution in [-0.2, 0) is 11.3 Å². The van der Waals surface area contributed by atoms with E-state index in [2.05, 4.69) is 54.8 Å². The maximum absolute atomic E-state index is 13.1. The molecule has 2 heterocycles. The van der Waals surface area contributed by atoms with Crippen LogP contribution in [0.4, 0.5) is 4.79 Å². The maximum Gasteiger partial charge on any atom is 0.293 e. The van der Waals surface area contributed by atoms with E-state index >= 15 is 0 Å². The molecule has 0 spiro atoms. The topological polar surface area (TPSA) is 42.3 Å². The highest BCUT2D eigenvalue weighted by atomic mass is 32.2. The van der Waals surface area contributed by atoms with Gasteiger partial charge in [-0.2, -0.15) is 0 Å². The molecule has 1 fully saturated rings. The number of aromatic nitrogens is 1. The Labute approximate surface area is 197 Å². The molecule has 2 amide bonds. The van der Waals surface area contributed by atoms with Gasteiger partial charge < -0.3 is 4.57 Å². The average Bonchev–Trinajstić information content (AvgIpc) is 3.24. The van der Waals surface area contributed by atoms with Crippen molar-refractivity contribution in [1.29, 1.82) is 0 Å². The zero-order chi connectivity index (χ0) is 23.1. The van der Waals surface area contributed by atoms with Gasteiger partial charge in [-0.25, -0.2) is 0 Å². The van der Waals surface area contributed by atoms with Crippen LogP contribution in [0.1, 0.15) is 28.1 Å². The van der Waals surface area contributed by atoms with Gasteiger partial charge in [0.1, 0.15) is 0 Å². The number of fused-ring (bicyclic) bond motifs is 1. The minimum Gasteiger partial charge on any atom is -0.317 e. The second kappa shape index (κ2) is 8.41. The van der Waals surface area contributed by atoms with E-state index in [0.717, 1.165) is 45.5 Å². The third-order valence-corrected chi connectivity index (χ3v) is 7.14. The van der Waals surface area contributed by atoms with Gasteiger partial charge in [0.05, 0.1) is 17.1 Å². The molecule has 1 aliphatic heterocycles. The molecule has 5 rings (SSSR count). The molecule has 0 aliphatic carbocycles. The highest BCUT2D eigenvalue weighted by Crippen LogP contribution is 2.35. The SMILES string of the molecule is Cc1ccccc1CN1C(=O)S/C(=C\c2cc(C)n(-c3cccc4ccccc34)c2C)C1=O. The lowest BCUT2D eigenvalue weighted by molar-refractivity contribution is -0.123. The Balaban J connectivity index is 1.50. The molecule has 0 N–H and O–H groups in total. The van der Waals surface area contributed by atoms with E-state index in [0.29, 0.717) is 11.4 Å². The van der Waals surface area contributed by atoms with Crippen LogP contribution in [-0.4, -0.2) is 20.6 Å². The zero-order valence-corrected chi connectivity index (χ0v) is 19.6. The van der Waals surface area contributed by atoms with Gasteiger partial charge in [0.2, 0.25) is 0 Å². The maximum atomic E-state index is 13.1. The van der Waals surface area contributed by atoms with Crippen molar-refractivity contribution >= 4 is 39.8 Å². The first-order valence-electron chi connectivity index (χ1n) is 10.9. The molecule has 1 saturated heterocycles. The Kier molecular flexibility index (Phi) is 5.43. The second-order valence-corrected chi connectivity index (χ2v) is 9.35. The number of carbonyl (C=O) groups is 2. The first kappa shape index (κ1) is 21.3. The fourth-order valence-electron chi connectivity index (χ4n) is 4.44. The molecule has 0 saturated carbocycles. The standard InChI is InChI=1S/C28H24N2O2S/c1-18-9-4-5-11-22(18)17-29-27(31)26(33-28(29)32)16-23-15-19(2)30(20(23)3)25-14-8-12-21-10-6-7-13-24(21)25/h4-16H,17H2,1-3H3/b26-16-. The molecule has 0 atom stereocenters. The van der Waals surface area contributed by atoms with Crippen LogP contribution in [0.3, 0.4) is 0 Å². The summed E-state index contributed by atoms with van der Waals surface area (Å²) in [5.41, 5.74) is 6.22. The van der Waals surface area contributed by atoms with Crippen LogP contribution in [0.25, 0.3) is 22.5 Å². The summed E-state index contributed by atoms with van der Waals surface area (Å²) in [6.45, 7) is 6.41. The Morgan fingerprint density at radius 1 is 0.879 bits per heavy atom. The fraction of sp³-hybridized carbons (Fsp3) is 0.143. The summed E-state index contributed by atoms with van der Waals surface area (Å²) in [7, 11) is 0. The molecule has 1 aliphatic rings. The molecule has 4 aromatic rings. The second-order valence-electron chi connectivity index (χ2n) is 8.35. The van der Waals surface area contributed by atoms with Crippen molar-refractivity contribution in [3.8, 4) is 5.69 Å². The van der Waals surface area contributed by atoms with Gasteiger partial charge in [-0.3, -0.25) is 14.5 Å². The first-order valence-corrected chi connectivity index (χ1v) is 11.7. The Morgan fingerprint density at radius 2 is 1.61 bits per heavy atom. The fourth-order valence-corrected chi connectivity index (χ4v) is 5.27. The average molecular weight is 453 g/mol. The summed E-state index contributed by atoms with van der Waals surface area (Å²) < 4.78 is 2.21. The number of nitrogens with zero attached hydrogens (tertiary/aromatic N) is 2. The van der Waals surface area contributed by atoms with Crippen LogP contribution in [0.15, 0.2) is 77.7 Å². The van der Waals surface area contributed by atoms with E-state index in [1.165, 1.54) is 15.7 Å².